The Hall–Kier alpha value is -0.640. The predicted molar refractivity (Wildman–Crippen MR) is 76.0 cm³/mol. The molecule has 1 fully saturated rings. The third kappa shape index (κ3) is 3.91. The van der Waals surface area contributed by atoms with Gasteiger partial charge in [-0.05, 0) is 30.5 Å². The predicted octanol–water partition coefficient (Wildman–Crippen LogP) is 3.94. The van der Waals surface area contributed by atoms with Gasteiger partial charge < -0.3 is 10.1 Å². The standard InChI is InChI=1S/C15H21ClFNO/c1-10(2)18-9-12-4-3-7-19-15(12)11-5-6-13(16)14(17)8-11/h5-6,8,10,12,15,18H,3-4,7,9H2,1-2H3. The number of hydrogen-bond donors (Lipinski definition) is 1. The highest BCUT2D eigenvalue weighted by atomic mass is 35.5. The van der Waals surface area contributed by atoms with Crippen LogP contribution in [0.2, 0.25) is 5.02 Å². The SMILES string of the molecule is CC(C)NCC1CCCOC1c1ccc(Cl)c(F)c1. The van der Waals surface area contributed by atoms with Crippen molar-refractivity contribution in [3.05, 3.63) is 34.6 Å². The Bertz CT molecular complexity index is 425. The summed E-state index contributed by atoms with van der Waals surface area (Å²) in [5.74, 6) is 0.0145. The second kappa shape index (κ2) is 6.69. The van der Waals surface area contributed by atoms with Gasteiger partial charge in [0.25, 0.3) is 0 Å². The Balaban J connectivity index is 2.11. The lowest BCUT2D eigenvalue weighted by atomic mass is 9.89. The summed E-state index contributed by atoms with van der Waals surface area (Å²) in [5, 5.41) is 3.60. The molecule has 0 radical (unpaired) electrons. The van der Waals surface area contributed by atoms with Crippen molar-refractivity contribution in [2.45, 2.75) is 38.8 Å². The van der Waals surface area contributed by atoms with E-state index in [9.17, 15) is 4.39 Å². The van der Waals surface area contributed by atoms with Crippen molar-refractivity contribution in [1.29, 1.82) is 0 Å². The third-order valence-corrected chi connectivity index (χ3v) is 3.81. The Morgan fingerprint density at radius 1 is 1.47 bits per heavy atom. The average Bonchev–Trinajstić information content (AvgIpc) is 2.40. The van der Waals surface area contributed by atoms with Crippen molar-refractivity contribution in [2.75, 3.05) is 13.2 Å². The molecule has 0 bridgehead atoms. The lowest BCUT2D eigenvalue weighted by Crippen LogP contribution is -2.35. The summed E-state index contributed by atoms with van der Waals surface area (Å²) in [6.45, 7) is 5.89. The molecule has 106 valence electrons. The quantitative estimate of drug-likeness (QED) is 0.904. The molecule has 2 unspecified atom stereocenters. The van der Waals surface area contributed by atoms with E-state index in [-0.39, 0.29) is 16.9 Å². The van der Waals surface area contributed by atoms with Gasteiger partial charge in [0.1, 0.15) is 5.82 Å². The zero-order valence-electron chi connectivity index (χ0n) is 11.5. The number of hydrogen-bond acceptors (Lipinski definition) is 2. The highest BCUT2D eigenvalue weighted by Gasteiger charge is 2.27. The fourth-order valence-corrected chi connectivity index (χ4v) is 2.61. The molecule has 1 heterocycles. The molecule has 0 spiro atoms. The number of nitrogens with one attached hydrogen (secondary N) is 1. The summed E-state index contributed by atoms with van der Waals surface area (Å²) >= 11 is 5.73. The van der Waals surface area contributed by atoms with E-state index in [1.807, 2.05) is 6.07 Å². The maximum absolute atomic E-state index is 13.6. The minimum atomic E-state index is -0.371. The molecular formula is C15H21ClFNO. The maximum atomic E-state index is 13.6. The second-order valence-corrected chi connectivity index (χ2v) is 5.84. The van der Waals surface area contributed by atoms with Crippen LogP contribution in [0.25, 0.3) is 0 Å². The van der Waals surface area contributed by atoms with Crippen LogP contribution in [-0.4, -0.2) is 19.2 Å². The number of benzene rings is 1. The molecule has 2 rings (SSSR count). The smallest absolute Gasteiger partial charge is 0.142 e. The summed E-state index contributed by atoms with van der Waals surface area (Å²) in [4.78, 5) is 0. The zero-order chi connectivity index (χ0) is 13.8. The molecule has 1 aliphatic rings. The lowest BCUT2D eigenvalue weighted by Gasteiger charge is -2.33. The molecule has 0 amide bonds. The van der Waals surface area contributed by atoms with E-state index in [0.717, 1.165) is 31.6 Å². The normalized spacial score (nSPS) is 23.8. The first-order chi connectivity index (χ1) is 9.08. The highest BCUT2D eigenvalue weighted by molar-refractivity contribution is 6.30. The first kappa shape index (κ1) is 14.8. The van der Waals surface area contributed by atoms with Gasteiger partial charge in [-0.25, -0.2) is 4.39 Å². The number of halogens is 2. The zero-order valence-corrected chi connectivity index (χ0v) is 12.2. The van der Waals surface area contributed by atoms with Crippen molar-refractivity contribution >= 4 is 11.6 Å². The second-order valence-electron chi connectivity index (χ2n) is 5.43. The maximum Gasteiger partial charge on any atom is 0.142 e. The van der Waals surface area contributed by atoms with Gasteiger partial charge in [-0.2, -0.15) is 0 Å². The van der Waals surface area contributed by atoms with Crippen LogP contribution in [0.4, 0.5) is 4.39 Å². The molecule has 19 heavy (non-hydrogen) atoms. The van der Waals surface area contributed by atoms with E-state index in [0.29, 0.717) is 12.0 Å². The van der Waals surface area contributed by atoms with Crippen molar-refractivity contribution in [3.63, 3.8) is 0 Å². The number of ether oxygens (including phenoxy) is 1. The van der Waals surface area contributed by atoms with E-state index in [1.54, 1.807) is 6.07 Å². The van der Waals surface area contributed by atoms with Gasteiger partial charge in [-0.3, -0.25) is 0 Å². The summed E-state index contributed by atoms with van der Waals surface area (Å²) in [5.41, 5.74) is 0.886. The number of rotatable bonds is 4. The van der Waals surface area contributed by atoms with Crippen LogP contribution in [0.5, 0.6) is 0 Å². The summed E-state index contributed by atoms with van der Waals surface area (Å²) in [6.07, 6.45) is 2.14. The first-order valence-corrected chi connectivity index (χ1v) is 7.25. The average molecular weight is 286 g/mol. The van der Waals surface area contributed by atoms with E-state index < -0.39 is 0 Å². The van der Waals surface area contributed by atoms with E-state index in [1.165, 1.54) is 6.07 Å². The van der Waals surface area contributed by atoms with Crippen LogP contribution in [0.15, 0.2) is 18.2 Å². The van der Waals surface area contributed by atoms with Crippen molar-refractivity contribution in [1.82, 2.24) is 5.32 Å². The van der Waals surface area contributed by atoms with Crippen LogP contribution in [0.1, 0.15) is 38.4 Å². The van der Waals surface area contributed by atoms with E-state index >= 15 is 0 Å². The summed E-state index contributed by atoms with van der Waals surface area (Å²) < 4.78 is 19.4. The summed E-state index contributed by atoms with van der Waals surface area (Å²) in [6, 6.07) is 5.42. The Morgan fingerprint density at radius 2 is 2.26 bits per heavy atom. The van der Waals surface area contributed by atoms with Gasteiger partial charge in [0.05, 0.1) is 11.1 Å². The molecule has 0 saturated carbocycles. The molecule has 2 atom stereocenters. The molecule has 2 nitrogen and oxygen atoms in total. The first-order valence-electron chi connectivity index (χ1n) is 6.88. The molecule has 1 aliphatic heterocycles. The minimum absolute atomic E-state index is 0.0354. The van der Waals surface area contributed by atoms with Crippen molar-refractivity contribution in [3.8, 4) is 0 Å². The Kier molecular flexibility index (Phi) is 5.20. The molecule has 0 aliphatic carbocycles. The van der Waals surface area contributed by atoms with Gasteiger partial charge in [0, 0.05) is 25.1 Å². The van der Waals surface area contributed by atoms with Crippen LogP contribution in [-0.2, 0) is 4.74 Å². The van der Waals surface area contributed by atoms with Gasteiger partial charge in [0.15, 0.2) is 0 Å². The van der Waals surface area contributed by atoms with E-state index in [2.05, 4.69) is 19.2 Å². The van der Waals surface area contributed by atoms with Crippen LogP contribution in [0.3, 0.4) is 0 Å². The van der Waals surface area contributed by atoms with Crippen LogP contribution < -0.4 is 5.32 Å². The monoisotopic (exact) mass is 285 g/mol. The van der Waals surface area contributed by atoms with Gasteiger partial charge >= 0.3 is 0 Å². The topological polar surface area (TPSA) is 21.3 Å². The fraction of sp³-hybridized carbons (Fsp3) is 0.600. The molecule has 1 saturated heterocycles. The van der Waals surface area contributed by atoms with Crippen LogP contribution >= 0.6 is 11.6 Å². The van der Waals surface area contributed by atoms with Gasteiger partial charge in [-0.15, -0.1) is 0 Å². The van der Waals surface area contributed by atoms with Crippen molar-refractivity contribution < 1.29 is 9.13 Å². The molecule has 1 aromatic rings. The van der Waals surface area contributed by atoms with Gasteiger partial charge in [-0.1, -0.05) is 31.5 Å². The lowest BCUT2D eigenvalue weighted by molar-refractivity contribution is -0.0283. The Morgan fingerprint density at radius 3 is 2.95 bits per heavy atom. The van der Waals surface area contributed by atoms with Gasteiger partial charge in [0.2, 0.25) is 0 Å². The largest absolute Gasteiger partial charge is 0.373 e. The van der Waals surface area contributed by atoms with E-state index in [4.69, 9.17) is 16.3 Å². The Labute approximate surface area is 119 Å². The molecule has 1 aromatic carbocycles. The molecule has 4 heteroatoms. The minimum Gasteiger partial charge on any atom is -0.373 e. The van der Waals surface area contributed by atoms with Crippen molar-refractivity contribution in [2.24, 2.45) is 5.92 Å². The third-order valence-electron chi connectivity index (χ3n) is 3.51. The highest BCUT2D eigenvalue weighted by Crippen LogP contribution is 2.34. The fourth-order valence-electron chi connectivity index (χ4n) is 2.50. The molecule has 0 aromatic heterocycles. The molecule has 1 N–H and O–H groups in total. The van der Waals surface area contributed by atoms with Crippen LogP contribution in [0, 0.1) is 11.7 Å². The summed E-state index contributed by atoms with van der Waals surface area (Å²) in [7, 11) is 0. The molecular weight excluding hydrogens is 265 g/mol.